The molecule has 3 amide bonds. The van der Waals surface area contributed by atoms with Crippen LogP contribution < -0.4 is 10.6 Å². The number of likely N-dealkylation sites (tertiary alicyclic amines) is 1. The van der Waals surface area contributed by atoms with Crippen molar-refractivity contribution in [3.63, 3.8) is 0 Å². The Morgan fingerprint density at radius 1 is 1.16 bits per heavy atom. The highest BCUT2D eigenvalue weighted by Crippen LogP contribution is 2.63. The summed E-state index contributed by atoms with van der Waals surface area (Å²) >= 11 is 0. The molecule has 3 N–H and O–H groups in total. The molecule has 1 spiro atoms. The number of carbonyl (C=O) groups is 3. The van der Waals surface area contributed by atoms with Crippen molar-refractivity contribution in [2.75, 3.05) is 19.7 Å². The van der Waals surface area contributed by atoms with Crippen LogP contribution >= 0.6 is 0 Å². The van der Waals surface area contributed by atoms with Crippen molar-refractivity contribution in [2.45, 2.75) is 90.0 Å². The average molecular weight is 438 g/mol. The molecule has 176 valence electrons. The molecule has 3 rings (SSSR count). The van der Waals surface area contributed by atoms with Crippen molar-refractivity contribution >= 4 is 17.7 Å². The van der Waals surface area contributed by atoms with Crippen molar-refractivity contribution in [3.8, 4) is 0 Å². The van der Waals surface area contributed by atoms with Crippen LogP contribution in [0.25, 0.3) is 0 Å². The van der Waals surface area contributed by atoms with E-state index >= 15 is 0 Å². The van der Waals surface area contributed by atoms with Crippen LogP contribution in [0.5, 0.6) is 0 Å². The van der Waals surface area contributed by atoms with Crippen LogP contribution in [0, 0.1) is 17.8 Å². The van der Waals surface area contributed by atoms with E-state index in [1.54, 1.807) is 4.90 Å². The maximum Gasteiger partial charge on any atom is 0.245 e. The summed E-state index contributed by atoms with van der Waals surface area (Å²) in [6.07, 6.45) is 3.77. The molecule has 8 nitrogen and oxygen atoms in total. The lowest BCUT2D eigenvalue weighted by Crippen LogP contribution is -2.59. The summed E-state index contributed by atoms with van der Waals surface area (Å²) in [5.74, 6) is -2.07. The largest absolute Gasteiger partial charge is 0.394 e. The van der Waals surface area contributed by atoms with E-state index in [0.717, 1.165) is 19.3 Å². The van der Waals surface area contributed by atoms with Gasteiger partial charge in [-0.05, 0) is 38.5 Å². The third-order valence-electron chi connectivity index (χ3n) is 7.44. The van der Waals surface area contributed by atoms with Crippen molar-refractivity contribution < 1.29 is 24.2 Å². The van der Waals surface area contributed by atoms with E-state index < -0.39 is 35.1 Å². The van der Waals surface area contributed by atoms with Crippen LogP contribution in [-0.4, -0.2) is 70.7 Å². The van der Waals surface area contributed by atoms with Crippen molar-refractivity contribution in [3.05, 3.63) is 0 Å². The Hall–Kier alpha value is -1.67. The molecule has 3 aliphatic heterocycles. The number of amides is 3. The van der Waals surface area contributed by atoms with Crippen molar-refractivity contribution in [1.82, 2.24) is 15.5 Å². The third-order valence-corrected chi connectivity index (χ3v) is 7.44. The van der Waals surface area contributed by atoms with E-state index in [1.807, 2.05) is 27.7 Å². The lowest BCUT2D eigenvalue weighted by molar-refractivity contribution is -0.150. The Morgan fingerprint density at radius 3 is 2.42 bits per heavy atom. The fourth-order valence-electron chi connectivity index (χ4n) is 5.88. The minimum absolute atomic E-state index is 0.0460. The minimum atomic E-state index is -1.03. The predicted molar refractivity (Wildman–Crippen MR) is 116 cm³/mol. The maximum absolute atomic E-state index is 13.8. The first kappa shape index (κ1) is 24.0. The molecule has 2 bridgehead atoms. The van der Waals surface area contributed by atoms with Crippen LogP contribution in [-0.2, 0) is 19.1 Å². The average Bonchev–Trinajstić information content (AvgIpc) is 3.28. The molecule has 0 radical (unpaired) electrons. The van der Waals surface area contributed by atoms with Crippen LogP contribution in [0.2, 0.25) is 0 Å². The molecule has 0 aromatic rings. The molecule has 0 aromatic carbocycles. The molecule has 8 heteroatoms. The highest BCUT2D eigenvalue weighted by atomic mass is 16.5. The van der Waals surface area contributed by atoms with Gasteiger partial charge in [0, 0.05) is 13.1 Å². The van der Waals surface area contributed by atoms with E-state index in [0.29, 0.717) is 25.9 Å². The molecule has 6 atom stereocenters. The van der Waals surface area contributed by atoms with Crippen molar-refractivity contribution in [1.29, 1.82) is 0 Å². The minimum Gasteiger partial charge on any atom is -0.394 e. The number of carbonyl (C=O) groups excluding carboxylic acids is 3. The van der Waals surface area contributed by atoms with Crippen LogP contribution in [0.15, 0.2) is 0 Å². The van der Waals surface area contributed by atoms with Gasteiger partial charge in [0.1, 0.15) is 11.6 Å². The zero-order chi connectivity index (χ0) is 23.0. The van der Waals surface area contributed by atoms with Gasteiger partial charge in [0.05, 0.1) is 30.1 Å². The summed E-state index contributed by atoms with van der Waals surface area (Å²) in [4.78, 5) is 41.9. The number of ether oxygens (including phenoxy) is 1. The number of nitrogens with one attached hydrogen (secondary N) is 2. The second kappa shape index (κ2) is 9.06. The summed E-state index contributed by atoms with van der Waals surface area (Å²) in [6.45, 7) is 10.6. The first-order valence-electron chi connectivity index (χ1n) is 11.9. The fourth-order valence-corrected chi connectivity index (χ4v) is 5.88. The van der Waals surface area contributed by atoms with Crippen LogP contribution in [0.3, 0.4) is 0 Å². The Morgan fingerprint density at radius 2 is 1.84 bits per heavy atom. The first-order valence-corrected chi connectivity index (χ1v) is 11.9. The Labute approximate surface area is 185 Å². The van der Waals surface area contributed by atoms with Gasteiger partial charge in [-0.3, -0.25) is 14.4 Å². The molecule has 3 heterocycles. The lowest BCUT2D eigenvalue weighted by atomic mass is 9.66. The number of nitrogens with zero attached hydrogens (tertiary/aromatic N) is 1. The summed E-state index contributed by atoms with van der Waals surface area (Å²) in [7, 11) is 0. The standard InChI is InChI=1S/C23H39N3O5/c1-6-8-12-25-20(29)18-23-10-9-22(5,31-23)16(19(28)24-11-7-2)17(23)21(30)26(18)15(13-27)14(3)4/h14-18,27H,6-13H2,1-5H3,(H,24,28)(H,25,29)/t15-,16-,17-,18?,22+,23?/m0/s1. The first-order chi connectivity index (χ1) is 14.7. The molecule has 3 aliphatic rings. The second-order valence-corrected chi connectivity index (χ2v) is 9.90. The highest BCUT2D eigenvalue weighted by molar-refractivity contribution is 5.99. The molecule has 31 heavy (non-hydrogen) atoms. The van der Waals surface area contributed by atoms with E-state index in [2.05, 4.69) is 17.6 Å². The Balaban J connectivity index is 2.03. The second-order valence-electron chi connectivity index (χ2n) is 9.90. The summed E-state index contributed by atoms with van der Waals surface area (Å²) in [5.41, 5.74) is -1.79. The van der Waals surface area contributed by atoms with Gasteiger partial charge in [0.15, 0.2) is 0 Å². The van der Waals surface area contributed by atoms with E-state index in [-0.39, 0.29) is 30.2 Å². The maximum atomic E-state index is 13.8. The number of aliphatic hydroxyl groups excluding tert-OH is 1. The van der Waals surface area contributed by atoms with Gasteiger partial charge in [-0.15, -0.1) is 0 Å². The van der Waals surface area contributed by atoms with E-state index in [1.165, 1.54) is 0 Å². The Kier molecular flexibility index (Phi) is 7.01. The van der Waals surface area contributed by atoms with Gasteiger partial charge in [-0.25, -0.2) is 0 Å². The normalized spacial score (nSPS) is 34.9. The zero-order valence-corrected chi connectivity index (χ0v) is 19.6. The summed E-state index contributed by atoms with van der Waals surface area (Å²) in [6, 6.07) is -1.35. The number of hydrogen-bond acceptors (Lipinski definition) is 5. The number of unbranched alkanes of at least 4 members (excludes halogenated alkanes) is 1. The van der Waals surface area contributed by atoms with Gasteiger partial charge < -0.3 is 25.4 Å². The molecule has 3 fully saturated rings. The molecule has 3 saturated heterocycles. The van der Waals surface area contributed by atoms with E-state index in [4.69, 9.17) is 4.74 Å². The van der Waals surface area contributed by atoms with Gasteiger partial charge >= 0.3 is 0 Å². The van der Waals surface area contributed by atoms with Gasteiger partial charge in [-0.1, -0.05) is 34.1 Å². The molecule has 0 aromatic heterocycles. The topological polar surface area (TPSA) is 108 Å². The van der Waals surface area contributed by atoms with Crippen LogP contribution in [0.1, 0.15) is 66.7 Å². The smallest absolute Gasteiger partial charge is 0.245 e. The van der Waals surface area contributed by atoms with Gasteiger partial charge in [0.2, 0.25) is 17.7 Å². The predicted octanol–water partition coefficient (Wildman–Crippen LogP) is 1.21. The number of rotatable bonds is 10. The monoisotopic (exact) mass is 437 g/mol. The SMILES string of the molecule is CCCCNC(=O)C1N([C@@H](CO)C(C)C)C(=O)[C@@H]2[C@@H](C(=O)NCCC)[C@@]3(C)CCC12O3. The molecule has 0 aliphatic carbocycles. The number of fused-ring (bicyclic) bond motifs is 1. The Bertz CT molecular complexity index is 713. The molecule has 2 unspecified atom stereocenters. The molecule has 0 saturated carbocycles. The molecular formula is C23H39N3O5. The number of aliphatic hydroxyl groups is 1. The third kappa shape index (κ3) is 3.75. The highest BCUT2D eigenvalue weighted by Gasteiger charge is 2.78. The van der Waals surface area contributed by atoms with Crippen molar-refractivity contribution in [2.24, 2.45) is 17.8 Å². The zero-order valence-electron chi connectivity index (χ0n) is 19.6. The number of hydrogen-bond donors (Lipinski definition) is 3. The van der Waals surface area contributed by atoms with Gasteiger partial charge in [-0.2, -0.15) is 0 Å². The van der Waals surface area contributed by atoms with Gasteiger partial charge in [0.25, 0.3) is 0 Å². The quantitative estimate of drug-likeness (QED) is 0.445. The van der Waals surface area contributed by atoms with Crippen LogP contribution in [0.4, 0.5) is 0 Å². The molecular weight excluding hydrogens is 398 g/mol. The fraction of sp³-hybridized carbons (Fsp3) is 0.870. The van der Waals surface area contributed by atoms with E-state index in [9.17, 15) is 19.5 Å². The summed E-state index contributed by atoms with van der Waals surface area (Å²) < 4.78 is 6.53. The summed E-state index contributed by atoms with van der Waals surface area (Å²) in [5, 5.41) is 16.0. The lowest BCUT2D eigenvalue weighted by Gasteiger charge is -2.38.